The molecule has 0 spiro atoms. The number of nitrogens with zero attached hydrogens (tertiary/aromatic N) is 3. The van der Waals surface area contributed by atoms with E-state index in [2.05, 4.69) is 0 Å². The zero-order chi connectivity index (χ0) is 17.4. The first kappa shape index (κ1) is 15.4. The molecule has 0 saturated carbocycles. The van der Waals surface area contributed by atoms with Crippen LogP contribution in [0.2, 0.25) is 0 Å². The van der Waals surface area contributed by atoms with Crippen LogP contribution in [0.3, 0.4) is 0 Å². The van der Waals surface area contributed by atoms with Crippen molar-refractivity contribution in [3.63, 3.8) is 0 Å². The molecule has 0 unspecified atom stereocenters. The molecule has 24 heavy (non-hydrogen) atoms. The summed E-state index contributed by atoms with van der Waals surface area (Å²) in [6.45, 7) is 2.32. The molecule has 3 rings (SSSR count). The van der Waals surface area contributed by atoms with E-state index >= 15 is 0 Å². The first-order valence-corrected chi connectivity index (χ1v) is 7.14. The van der Waals surface area contributed by atoms with E-state index in [-0.39, 0.29) is 16.9 Å². The number of nitrogens with two attached hydrogens (primary N) is 1. The van der Waals surface area contributed by atoms with Gasteiger partial charge in [-0.05, 0) is 19.1 Å². The lowest BCUT2D eigenvalue weighted by Gasteiger charge is -2.08. The van der Waals surface area contributed by atoms with Gasteiger partial charge in [-0.1, -0.05) is 0 Å². The minimum atomic E-state index is -0.665. The fourth-order valence-electron chi connectivity index (χ4n) is 2.62. The molecule has 0 fully saturated rings. The minimum Gasteiger partial charge on any atom is -0.464 e. The summed E-state index contributed by atoms with van der Waals surface area (Å²) >= 11 is 0. The number of fused-ring (bicyclic) bond motifs is 1. The summed E-state index contributed by atoms with van der Waals surface area (Å²) < 4.78 is 12.9. The average Bonchev–Trinajstić information content (AvgIpc) is 3.09. The van der Waals surface area contributed by atoms with Gasteiger partial charge in [0.25, 0.3) is 0 Å². The largest absolute Gasteiger partial charge is 0.464 e. The van der Waals surface area contributed by atoms with Crippen LogP contribution in [-0.2, 0) is 11.3 Å². The van der Waals surface area contributed by atoms with Crippen LogP contribution in [0.5, 0.6) is 0 Å². The quantitative estimate of drug-likeness (QED) is 0.731. The zero-order valence-electron chi connectivity index (χ0n) is 13.1. The average molecular weight is 326 g/mol. The number of nitriles is 1. The number of methoxy groups -OCH3 is 1. The van der Waals surface area contributed by atoms with Crippen molar-refractivity contribution in [2.45, 2.75) is 13.5 Å². The van der Waals surface area contributed by atoms with E-state index in [4.69, 9.17) is 20.1 Å². The number of ether oxygens (including phenoxy) is 1. The summed E-state index contributed by atoms with van der Waals surface area (Å²) in [5, 5.41) is 9.14. The van der Waals surface area contributed by atoms with Gasteiger partial charge < -0.3 is 19.5 Å². The fourth-order valence-corrected chi connectivity index (χ4v) is 2.62. The monoisotopic (exact) mass is 326 g/mol. The molecule has 122 valence electrons. The van der Waals surface area contributed by atoms with Crippen molar-refractivity contribution in [3.8, 4) is 11.8 Å². The summed E-state index contributed by atoms with van der Waals surface area (Å²) in [4.78, 5) is 23.8. The Morgan fingerprint density at radius 2 is 2.21 bits per heavy atom. The Morgan fingerprint density at radius 3 is 2.83 bits per heavy atom. The molecule has 0 amide bonds. The Hall–Kier alpha value is -3.47. The smallest absolute Gasteiger partial charge is 0.419 e. The van der Waals surface area contributed by atoms with Crippen LogP contribution in [0.15, 0.2) is 33.6 Å². The number of hydrogen-bond acceptors (Lipinski definition) is 6. The van der Waals surface area contributed by atoms with Crippen LogP contribution in [0.4, 0.5) is 5.69 Å². The van der Waals surface area contributed by atoms with Gasteiger partial charge in [0, 0.05) is 24.5 Å². The Bertz CT molecular complexity index is 1050. The molecule has 8 heteroatoms. The van der Waals surface area contributed by atoms with E-state index in [0.717, 1.165) is 0 Å². The molecule has 3 aromatic rings. The van der Waals surface area contributed by atoms with E-state index in [9.17, 15) is 9.59 Å². The SMILES string of the molecule is CCn1c(=O)oc2cc(-n3cc(C#N)c(N)c3C(=O)OC)ccc21. The van der Waals surface area contributed by atoms with Crippen molar-refractivity contribution in [2.75, 3.05) is 12.8 Å². The van der Waals surface area contributed by atoms with Gasteiger partial charge >= 0.3 is 11.7 Å². The summed E-state index contributed by atoms with van der Waals surface area (Å²) in [7, 11) is 1.23. The van der Waals surface area contributed by atoms with E-state index in [1.165, 1.54) is 22.4 Å². The van der Waals surface area contributed by atoms with Crippen molar-refractivity contribution < 1.29 is 13.9 Å². The van der Waals surface area contributed by atoms with Gasteiger partial charge in [-0.15, -0.1) is 0 Å². The van der Waals surface area contributed by atoms with Crippen LogP contribution >= 0.6 is 0 Å². The highest BCUT2D eigenvalue weighted by molar-refractivity contribution is 5.96. The third-order valence-corrected chi connectivity index (χ3v) is 3.79. The number of hydrogen-bond donors (Lipinski definition) is 1. The molecule has 0 saturated heterocycles. The second kappa shape index (κ2) is 5.62. The van der Waals surface area contributed by atoms with Crippen LogP contribution in [0.1, 0.15) is 23.0 Å². The standard InChI is InChI=1S/C16H14N4O4/c1-3-19-11-5-4-10(6-12(11)24-16(19)22)20-8-9(7-17)13(18)14(20)15(21)23-2/h4-6,8H,3,18H2,1-2H3. The summed E-state index contributed by atoms with van der Waals surface area (Å²) in [5.74, 6) is -1.12. The summed E-state index contributed by atoms with van der Waals surface area (Å²) in [5.41, 5.74) is 7.65. The fraction of sp³-hybridized carbons (Fsp3) is 0.188. The number of benzene rings is 1. The maximum atomic E-state index is 12.0. The van der Waals surface area contributed by atoms with Crippen molar-refractivity contribution in [1.29, 1.82) is 5.26 Å². The molecule has 1 aromatic carbocycles. The lowest BCUT2D eigenvalue weighted by atomic mass is 10.2. The van der Waals surface area contributed by atoms with Crippen LogP contribution in [0.25, 0.3) is 16.8 Å². The number of carbonyl (C=O) groups excluding carboxylic acids is 1. The van der Waals surface area contributed by atoms with Gasteiger partial charge in [0.2, 0.25) is 0 Å². The highest BCUT2D eigenvalue weighted by Crippen LogP contribution is 2.26. The molecular weight excluding hydrogens is 312 g/mol. The van der Waals surface area contributed by atoms with Crippen molar-refractivity contribution >= 4 is 22.8 Å². The Balaban J connectivity index is 2.26. The third kappa shape index (κ3) is 2.14. The second-order valence-electron chi connectivity index (χ2n) is 5.04. The molecule has 2 heterocycles. The van der Waals surface area contributed by atoms with Gasteiger partial charge in [0.1, 0.15) is 6.07 Å². The topological polar surface area (TPSA) is 116 Å². The number of aryl methyl sites for hydroxylation is 1. The maximum Gasteiger partial charge on any atom is 0.419 e. The first-order chi connectivity index (χ1) is 11.5. The molecule has 0 aliphatic rings. The molecule has 0 bridgehead atoms. The molecule has 0 aliphatic carbocycles. The van der Waals surface area contributed by atoms with E-state index < -0.39 is 11.7 Å². The predicted octanol–water partition coefficient (Wildman–Crippen LogP) is 1.65. The molecule has 0 radical (unpaired) electrons. The lowest BCUT2D eigenvalue weighted by molar-refractivity contribution is 0.0593. The van der Waals surface area contributed by atoms with Crippen LogP contribution in [0, 0.1) is 11.3 Å². The molecule has 2 N–H and O–H groups in total. The summed E-state index contributed by atoms with van der Waals surface area (Å²) in [6, 6.07) is 6.96. The number of carbonyl (C=O) groups is 1. The first-order valence-electron chi connectivity index (χ1n) is 7.14. The van der Waals surface area contributed by atoms with Crippen molar-refractivity contribution in [1.82, 2.24) is 9.13 Å². The minimum absolute atomic E-state index is 0.0389. The van der Waals surface area contributed by atoms with Gasteiger partial charge in [0.05, 0.1) is 23.9 Å². The molecule has 0 aliphatic heterocycles. The zero-order valence-corrected chi connectivity index (χ0v) is 13.1. The highest BCUT2D eigenvalue weighted by Gasteiger charge is 2.22. The number of rotatable bonds is 3. The van der Waals surface area contributed by atoms with E-state index in [1.54, 1.807) is 18.2 Å². The normalized spacial score (nSPS) is 10.7. The summed E-state index contributed by atoms with van der Waals surface area (Å²) in [6.07, 6.45) is 1.44. The Morgan fingerprint density at radius 1 is 1.46 bits per heavy atom. The van der Waals surface area contributed by atoms with Crippen LogP contribution < -0.4 is 11.5 Å². The second-order valence-corrected chi connectivity index (χ2v) is 5.04. The number of oxazole rings is 1. The van der Waals surface area contributed by atoms with Gasteiger partial charge in [-0.3, -0.25) is 4.57 Å². The predicted molar refractivity (Wildman–Crippen MR) is 85.9 cm³/mol. The third-order valence-electron chi connectivity index (χ3n) is 3.79. The highest BCUT2D eigenvalue weighted by atomic mass is 16.5. The van der Waals surface area contributed by atoms with Gasteiger partial charge in [0.15, 0.2) is 11.3 Å². The number of anilines is 1. The van der Waals surface area contributed by atoms with Crippen LogP contribution in [-0.4, -0.2) is 22.2 Å². The Kier molecular flexibility index (Phi) is 3.62. The van der Waals surface area contributed by atoms with Crippen molar-refractivity contribution in [2.24, 2.45) is 0 Å². The van der Waals surface area contributed by atoms with Gasteiger partial charge in [-0.2, -0.15) is 5.26 Å². The molecule has 8 nitrogen and oxygen atoms in total. The number of aromatic nitrogens is 2. The number of nitrogen functional groups attached to an aromatic ring is 1. The maximum absolute atomic E-state index is 12.0. The van der Waals surface area contributed by atoms with E-state index in [1.807, 2.05) is 13.0 Å². The number of esters is 1. The molecule has 2 aromatic heterocycles. The van der Waals surface area contributed by atoms with E-state index in [0.29, 0.717) is 23.3 Å². The van der Waals surface area contributed by atoms with Gasteiger partial charge in [-0.25, -0.2) is 9.59 Å². The Labute approximate surface area is 136 Å². The van der Waals surface area contributed by atoms with Crippen molar-refractivity contribution in [3.05, 3.63) is 46.2 Å². The lowest BCUT2D eigenvalue weighted by Crippen LogP contribution is -2.12. The molecular formula is C16H14N4O4. The molecule has 0 atom stereocenters.